The van der Waals surface area contributed by atoms with Crippen molar-refractivity contribution in [3.63, 3.8) is 0 Å². The highest BCUT2D eigenvalue weighted by Gasteiger charge is 2.20. The van der Waals surface area contributed by atoms with E-state index in [1.807, 2.05) is 17.6 Å². The Labute approximate surface area is 148 Å². The summed E-state index contributed by atoms with van der Waals surface area (Å²) < 4.78 is 29.1. The first-order chi connectivity index (χ1) is 11.9. The Kier molecular flexibility index (Phi) is 4.72. The molecule has 0 saturated heterocycles. The molecule has 0 unspecified atom stereocenters. The highest BCUT2D eigenvalue weighted by Crippen LogP contribution is 2.22. The highest BCUT2D eigenvalue weighted by molar-refractivity contribution is 6.31. The van der Waals surface area contributed by atoms with Gasteiger partial charge in [0.15, 0.2) is 0 Å². The van der Waals surface area contributed by atoms with E-state index >= 15 is 0 Å². The van der Waals surface area contributed by atoms with Crippen molar-refractivity contribution < 1.29 is 13.6 Å². The van der Waals surface area contributed by atoms with E-state index in [1.54, 1.807) is 12.1 Å². The van der Waals surface area contributed by atoms with E-state index < -0.39 is 17.5 Å². The van der Waals surface area contributed by atoms with E-state index in [4.69, 9.17) is 11.6 Å². The maximum absolute atomic E-state index is 13.8. The molecule has 0 aliphatic rings. The summed E-state index contributed by atoms with van der Waals surface area (Å²) in [4.78, 5) is 18.3. The molecule has 2 aromatic carbocycles. The van der Waals surface area contributed by atoms with Gasteiger partial charge >= 0.3 is 0 Å². The number of imidazole rings is 1. The number of halogens is 3. The molecule has 3 aromatic rings. The van der Waals surface area contributed by atoms with Crippen molar-refractivity contribution in [1.29, 1.82) is 0 Å². The first-order valence-electron chi connectivity index (χ1n) is 7.76. The van der Waals surface area contributed by atoms with Gasteiger partial charge in [-0.05, 0) is 43.3 Å². The molecule has 1 aromatic heterocycles. The maximum atomic E-state index is 13.8. The van der Waals surface area contributed by atoms with E-state index in [0.717, 1.165) is 29.2 Å². The van der Waals surface area contributed by atoms with Gasteiger partial charge in [0.25, 0.3) is 5.91 Å². The fraction of sp³-hybridized carbons (Fsp3) is 0.222. The molecule has 0 saturated carbocycles. The second kappa shape index (κ2) is 6.80. The normalized spacial score (nSPS) is 11.1. The molecule has 0 fully saturated rings. The highest BCUT2D eigenvalue weighted by atomic mass is 35.5. The van der Waals surface area contributed by atoms with Crippen molar-refractivity contribution in [2.24, 2.45) is 0 Å². The number of aromatic nitrogens is 2. The molecule has 0 bridgehead atoms. The summed E-state index contributed by atoms with van der Waals surface area (Å²) in [5.41, 5.74) is 1.33. The summed E-state index contributed by atoms with van der Waals surface area (Å²) in [6.07, 6.45) is 0. The van der Waals surface area contributed by atoms with E-state index in [0.29, 0.717) is 17.4 Å². The van der Waals surface area contributed by atoms with Gasteiger partial charge < -0.3 is 9.47 Å². The minimum Gasteiger partial charge on any atom is -0.334 e. The summed E-state index contributed by atoms with van der Waals surface area (Å²) in [7, 11) is 1.53. The van der Waals surface area contributed by atoms with Crippen LogP contribution >= 0.6 is 11.6 Å². The topological polar surface area (TPSA) is 38.1 Å². The van der Waals surface area contributed by atoms with Crippen LogP contribution < -0.4 is 0 Å². The molecule has 0 aliphatic carbocycles. The van der Waals surface area contributed by atoms with Crippen LogP contribution in [0.2, 0.25) is 5.02 Å². The quantitative estimate of drug-likeness (QED) is 0.694. The molecule has 1 amide bonds. The van der Waals surface area contributed by atoms with Crippen LogP contribution in [0.15, 0.2) is 36.4 Å². The maximum Gasteiger partial charge on any atom is 0.257 e. The van der Waals surface area contributed by atoms with E-state index in [-0.39, 0.29) is 12.1 Å². The third-order valence-electron chi connectivity index (χ3n) is 3.99. The molecule has 0 N–H and O–H groups in total. The lowest BCUT2D eigenvalue weighted by Crippen LogP contribution is -2.28. The Bertz CT molecular complexity index is 955. The van der Waals surface area contributed by atoms with E-state index in [9.17, 15) is 13.6 Å². The SMILES string of the molecule is CCn1c(CN(C)C(=O)c2cc(F)ccc2F)nc2ccc(Cl)cc21. The number of carbonyl (C=O) groups excluding carboxylic acids is 1. The van der Waals surface area contributed by atoms with Crippen LogP contribution in [-0.4, -0.2) is 27.4 Å². The van der Waals surface area contributed by atoms with Gasteiger partial charge in [-0.25, -0.2) is 13.8 Å². The predicted molar refractivity (Wildman–Crippen MR) is 92.6 cm³/mol. The summed E-state index contributed by atoms with van der Waals surface area (Å²) in [5, 5.41) is 0.597. The van der Waals surface area contributed by atoms with Crippen LogP contribution in [0.4, 0.5) is 8.78 Å². The largest absolute Gasteiger partial charge is 0.334 e. The Balaban J connectivity index is 1.92. The van der Waals surface area contributed by atoms with Crippen LogP contribution in [-0.2, 0) is 13.1 Å². The Morgan fingerprint density at radius 2 is 2.00 bits per heavy atom. The van der Waals surface area contributed by atoms with Crippen LogP contribution in [0.25, 0.3) is 11.0 Å². The fourth-order valence-electron chi connectivity index (χ4n) is 2.77. The molecule has 0 atom stereocenters. The van der Waals surface area contributed by atoms with Gasteiger partial charge in [0.2, 0.25) is 0 Å². The molecule has 130 valence electrons. The first kappa shape index (κ1) is 17.4. The lowest BCUT2D eigenvalue weighted by molar-refractivity contribution is 0.0775. The molecule has 4 nitrogen and oxygen atoms in total. The lowest BCUT2D eigenvalue weighted by Gasteiger charge is -2.18. The monoisotopic (exact) mass is 363 g/mol. The molecule has 25 heavy (non-hydrogen) atoms. The van der Waals surface area contributed by atoms with Gasteiger partial charge in [-0.2, -0.15) is 0 Å². The van der Waals surface area contributed by atoms with Crippen molar-refractivity contribution in [2.75, 3.05) is 7.05 Å². The number of aryl methyl sites for hydroxylation is 1. The van der Waals surface area contributed by atoms with Gasteiger partial charge in [-0.3, -0.25) is 4.79 Å². The zero-order chi connectivity index (χ0) is 18.1. The van der Waals surface area contributed by atoms with Crippen molar-refractivity contribution in [1.82, 2.24) is 14.5 Å². The molecule has 1 heterocycles. The minimum absolute atomic E-state index is 0.162. The second-order valence-electron chi connectivity index (χ2n) is 5.69. The Morgan fingerprint density at radius 3 is 2.72 bits per heavy atom. The Morgan fingerprint density at radius 1 is 1.24 bits per heavy atom. The summed E-state index contributed by atoms with van der Waals surface area (Å²) in [6.45, 7) is 2.76. The number of fused-ring (bicyclic) bond motifs is 1. The van der Waals surface area contributed by atoms with Crippen molar-refractivity contribution in [3.8, 4) is 0 Å². The molecule has 0 radical (unpaired) electrons. The third-order valence-corrected chi connectivity index (χ3v) is 4.22. The number of hydrogen-bond donors (Lipinski definition) is 0. The molecule has 0 spiro atoms. The van der Waals surface area contributed by atoms with Gasteiger partial charge in [0.1, 0.15) is 17.5 Å². The number of amides is 1. The average Bonchev–Trinajstić information content (AvgIpc) is 2.92. The minimum atomic E-state index is -0.756. The van der Waals surface area contributed by atoms with Gasteiger partial charge in [0.05, 0.1) is 23.1 Å². The zero-order valence-electron chi connectivity index (χ0n) is 13.8. The average molecular weight is 364 g/mol. The van der Waals surface area contributed by atoms with Gasteiger partial charge in [-0.1, -0.05) is 11.6 Å². The second-order valence-corrected chi connectivity index (χ2v) is 6.13. The third kappa shape index (κ3) is 3.35. The van der Waals surface area contributed by atoms with Crippen molar-refractivity contribution in [3.05, 3.63) is 64.4 Å². The number of benzene rings is 2. The molecular weight excluding hydrogens is 348 g/mol. The summed E-state index contributed by atoms with van der Waals surface area (Å²) in [6, 6.07) is 8.19. The summed E-state index contributed by atoms with van der Waals surface area (Å²) >= 11 is 6.04. The smallest absolute Gasteiger partial charge is 0.257 e. The van der Waals surface area contributed by atoms with Crippen LogP contribution in [0, 0.1) is 11.6 Å². The number of hydrogen-bond acceptors (Lipinski definition) is 2. The fourth-order valence-corrected chi connectivity index (χ4v) is 2.94. The number of carbonyl (C=O) groups is 1. The lowest BCUT2D eigenvalue weighted by atomic mass is 10.2. The van der Waals surface area contributed by atoms with Crippen LogP contribution in [0.3, 0.4) is 0 Å². The first-order valence-corrected chi connectivity index (χ1v) is 8.13. The number of nitrogens with zero attached hydrogens (tertiary/aromatic N) is 3. The van der Waals surface area contributed by atoms with Crippen molar-refractivity contribution >= 4 is 28.5 Å². The van der Waals surface area contributed by atoms with Gasteiger partial charge in [-0.15, -0.1) is 0 Å². The number of rotatable bonds is 4. The Hall–Kier alpha value is -2.47. The predicted octanol–water partition coefficient (Wildman–Crippen LogP) is 4.26. The van der Waals surface area contributed by atoms with E-state index in [2.05, 4.69) is 4.98 Å². The van der Waals surface area contributed by atoms with Gasteiger partial charge in [0, 0.05) is 18.6 Å². The van der Waals surface area contributed by atoms with Crippen LogP contribution in [0.5, 0.6) is 0 Å². The van der Waals surface area contributed by atoms with Crippen molar-refractivity contribution in [2.45, 2.75) is 20.0 Å². The molecule has 0 aliphatic heterocycles. The van der Waals surface area contributed by atoms with E-state index in [1.165, 1.54) is 11.9 Å². The van der Waals surface area contributed by atoms with Crippen LogP contribution in [0.1, 0.15) is 23.1 Å². The molecule has 7 heteroatoms. The molecular formula is C18H16ClF2N3O. The summed E-state index contributed by atoms with van der Waals surface area (Å²) in [5.74, 6) is -1.38. The zero-order valence-corrected chi connectivity index (χ0v) is 14.5. The standard InChI is InChI=1S/C18H16ClF2N3O/c1-3-24-16-8-11(19)4-7-15(16)22-17(24)10-23(2)18(25)13-9-12(20)5-6-14(13)21/h4-9H,3,10H2,1-2H3. The molecule has 3 rings (SSSR count).